The van der Waals surface area contributed by atoms with E-state index in [0.717, 1.165) is 41.7 Å². The molecule has 1 aromatic carbocycles. The lowest BCUT2D eigenvalue weighted by Gasteiger charge is -2.19. The molecule has 0 atom stereocenters. The molecule has 18 heavy (non-hydrogen) atoms. The average molecular weight is 332 g/mol. The number of hydrogen-bond donors (Lipinski definition) is 1. The minimum absolute atomic E-state index is 0.775. The van der Waals surface area contributed by atoms with Gasteiger partial charge in [0.1, 0.15) is 0 Å². The first-order valence-electron chi connectivity index (χ1n) is 6.59. The van der Waals surface area contributed by atoms with E-state index in [-0.39, 0.29) is 0 Å². The van der Waals surface area contributed by atoms with Crippen molar-refractivity contribution in [3.8, 4) is 0 Å². The van der Waals surface area contributed by atoms with Crippen LogP contribution in [0.4, 0.5) is 0 Å². The van der Waals surface area contributed by atoms with Gasteiger partial charge in [0.15, 0.2) is 0 Å². The molecule has 0 radical (unpaired) electrons. The molecule has 4 heteroatoms. The van der Waals surface area contributed by atoms with Crippen LogP contribution < -0.4 is 5.32 Å². The second-order valence-corrected chi connectivity index (χ2v) is 6.06. The molecule has 0 amide bonds. The molecule has 1 N–H and O–H groups in total. The first kappa shape index (κ1) is 14.3. The summed E-state index contributed by atoms with van der Waals surface area (Å²) in [5.74, 6) is 0. The van der Waals surface area contributed by atoms with Gasteiger partial charge in [-0.3, -0.25) is 4.90 Å². The van der Waals surface area contributed by atoms with Crippen molar-refractivity contribution in [2.45, 2.75) is 32.4 Å². The Morgan fingerprint density at radius 1 is 1.44 bits per heavy atom. The Balaban J connectivity index is 1.71. The third-order valence-electron chi connectivity index (χ3n) is 3.38. The number of nitrogens with one attached hydrogen (secondary N) is 1. The summed E-state index contributed by atoms with van der Waals surface area (Å²) < 4.78 is 1.08. The molecule has 1 aliphatic carbocycles. The number of likely N-dealkylation sites (N-methyl/N-ethyl adjacent to an activating group) is 1. The van der Waals surface area contributed by atoms with E-state index in [1.165, 1.54) is 18.4 Å². The molecule has 100 valence electrons. The third kappa shape index (κ3) is 4.23. The van der Waals surface area contributed by atoms with Crippen LogP contribution in [-0.2, 0) is 6.54 Å². The lowest BCUT2D eigenvalue weighted by Crippen LogP contribution is -2.33. The minimum atomic E-state index is 0.775. The highest BCUT2D eigenvalue weighted by Crippen LogP contribution is 2.26. The summed E-state index contributed by atoms with van der Waals surface area (Å²) in [4.78, 5) is 2.56. The quantitative estimate of drug-likeness (QED) is 0.767. The maximum Gasteiger partial charge on any atom is 0.0417 e. The van der Waals surface area contributed by atoms with Crippen molar-refractivity contribution in [2.75, 3.05) is 19.6 Å². The standard InChI is InChI=1S/C14H20BrClN2/c1-2-18(13-5-6-13)8-7-17-10-11-3-4-12(16)9-14(11)15/h3-4,9,13,17H,2,5-8,10H2,1H3. The minimum Gasteiger partial charge on any atom is -0.311 e. The van der Waals surface area contributed by atoms with Crippen molar-refractivity contribution in [1.82, 2.24) is 10.2 Å². The summed E-state index contributed by atoms with van der Waals surface area (Å²) in [6.07, 6.45) is 2.77. The highest BCUT2D eigenvalue weighted by molar-refractivity contribution is 9.10. The molecule has 0 aliphatic heterocycles. The monoisotopic (exact) mass is 330 g/mol. The van der Waals surface area contributed by atoms with Crippen molar-refractivity contribution in [3.63, 3.8) is 0 Å². The Kier molecular flexibility index (Phi) is 5.49. The molecular weight excluding hydrogens is 312 g/mol. The maximum atomic E-state index is 5.92. The highest BCUT2D eigenvalue weighted by atomic mass is 79.9. The fraction of sp³-hybridized carbons (Fsp3) is 0.571. The molecule has 1 saturated carbocycles. The van der Waals surface area contributed by atoms with Gasteiger partial charge in [0, 0.05) is 35.2 Å². The molecule has 2 nitrogen and oxygen atoms in total. The van der Waals surface area contributed by atoms with E-state index >= 15 is 0 Å². The van der Waals surface area contributed by atoms with Crippen LogP contribution in [0.2, 0.25) is 5.02 Å². The summed E-state index contributed by atoms with van der Waals surface area (Å²) in [7, 11) is 0. The molecule has 0 heterocycles. The van der Waals surface area contributed by atoms with Crippen LogP contribution in [0.1, 0.15) is 25.3 Å². The third-order valence-corrected chi connectivity index (χ3v) is 4.35. The molecule has 0 bridgehead atoms. The van der Waals surface area contributed by atoms with Gasteiger partial charge >= 0.3 is 0 Å². The topological polar surface area (TPSA) is 15.3 Å². The number of nitrogens with zero attached hydrogens (tertiary/aromatic N) is 1. The van der Waals surface area contributed by atoms with Gasteiger partial charge in [0.05, 0.1) is 0 Å². The fourth-order valence-electron chi connectivity index (χ4n) is 2.15. The van der Waals surface area contributed by atoms with Crippen molar-refractivity contribution < 1.29 is 0 Å². The van der Waals surface area contributed by atoms with E-state index < -0.39 is 0 Å². The zero-order valence-electron chi connectivity index (χ0n) is 10.8. The first-order valence-corrected chi connectivity index (χ1v) is 7.76. The van der Waals surface area contributed by atoms with E-state index in [1.54, 1.807) is 0 Å². The molecule has 0 aromatic heterocycles. The Labute approximate surface area is 123 Å². The van der Waals surface area contributed by atoms with E-state index in [9.17, 15) is 0 Å². The lowest BCUT2D eigenvalue weighted by atomic mass is 10.2. The summed E-state index contributed by atoms with van der Waals surface area (Å²) in [6, 6.07) is 6.81. The Bertz CT molecular complexity index is 393. The molecule has 1 fully saturated rings. The summed E-state index contributed by atoms with van der Waals surface area (Å²) >= 11 is 9.46. The van der Waals surface area contributed by atoms with Crippen LogP contribution in [-0.4, -0.2) is 30.6 Å². The van der Waals surface area contributed by atoms with Crippen LogP contribution in [0.25, 0.3) is 0 Å². The van der Waals surface area contributed by atoms with Crippen LogP contribution in [0.3, 0.4) is 0 Å². The first-order chi connectivity index (χ1) is 8.70. The number of rotatable bonds is 7. The van der Waals surface area contributed by atoms with E-state index in [1.807, 2.05) is 12.1 Å². The largest absolute Gasteiger partial charge is 0.311 e. The summed E-state index contributed by atoms with van der Waals surface area (Å²) in [5.41, 5.74) is 1.26. The van der Waals surface area contributed by atoms with Gasteiger partial charge in [-0.15, -0.1) is 0 Å². The summed E-state index contributed by atoms with van der Waals surface area (Å²) in [6.45, 7) is 6.48. The Hall–Kier alpha value is -0.0900. The highest BCUT2D eigenvalue weighted by Gasteiger charge is 2.26. The predicted octanol–water partition coefficient (Wildman–Crippen LogP) is 3.68. The molecule has 1 aliphatic rings. The molecule has 0 spiro atoms. The fourth-order valence-corrected chi connectivity index (χ4v) is 2.97. The van der Waals surface area contributed by atoms with Crippen LogP contribution in [0, 0.1) is 0 Å². The smallest absolute Gasteiger partial charge is 0.0417 e. The van der Waals surface area contributed by atoms with Gasteiger partial charge in [-0.25, -0.2) is 0 Å². The SMILES string of the molecule is CCN(CCNCc1ccc(Cl)cc1Br)C1CC1. The van der Waals surface area contributed by atoms with Gasteiger partial charge in [-0.05, 0) is 37.1 Å². The van der Waals surface area contributed by atoms with Gasteiger partial charge < -0.3 is 5.32 Å². The second-order valence-electron chi connectivity index (χ2n) is 4.77. The van der Waals surface area contributed by atoms with Crippen molar-refractivity contribution >= 4 is 27.5 Å². The molecule has 1 aromatic rings. The van der Waals surface area contributed by atoms with Gasteiger partial charge in [0.25, 0.3) is 0 Å². The summed E-state index contributed by atoms with van der Waals surface area (Å²) in [5, 5.41) is 4.27. The Morgan fingerprint density at radius 2 is 2.22 bits per heavy atom. The number of hydrogen-bond acceptors (Lipinski definition) is 2. The molecular formula is C14H20BrClN2. The van der Waals surface area contributed by atoms with E-state index in [0.29, 0.717) is 0 Å². The average Bonchev–Trinajstić information content (AvgIpc) is 3.16. The lowest BCUT2D eigenvalue weighted by molar-refractivity contribution is 0.277. The van der Waals surface area contributed by atoms with E-state index in [2.05, 4.69) is 39.1 Å². The van der Waals surface area contributed by atoms with Crippen LogP contribution in [0.15, 0.2) is 22.7 Å². The molecule has 0 saturated heterocycles. The van der Waals surface area contributed by atoms with Crippen LogP contribution in [0.5, 0.6) is 0 Å². The van der Waals surface area contributed by atoms with Crippen molar-refractivity contribution in [2.24, 2.45) is 0 Å². The Morgan fingerprint density at radius 3 is 2.83 bits per heavy atom. The molecule has 0 unspecified atom stereocenters. The predicted molar refractivity (Wildman–Crippen MR) is 81.1 cm³/mol. The van der Waals surface area contributed by atoms with Gasteiger partial charge in [0.2, 0.25) is 0 Å². The number of benzene rings is 1. The maximum absolute atomic E-state index is 5.92. The zero-order chi connectivity index (χ0) is 13.0. The molecule has 2 rings (SSSR count). The van der Waals surface area contributed by atoms with Gasteiger partial charge in [-0.1, -0.05) is 40.5 Å². The van der Waals surface area contributed by atoms with Crippen LogP contribution >= 0.6 is 27.5 Å². The normalized spacial score (nSPS) is 15.3. The second kappa shape index (κ2) is 6.90. The van der Waals surface area contributed by atoms with Crippen molar-refractivity contribution in [3.05, 3.63) is 33.3 Å². The zero-order valence-corrected chi connectivity index (χ0v) is 13.1. The number of halogens is 2. The van der Waals surface area contributed by atoms with E-state index in [4.69, 9.17) is 11.6 Å². The van der Waals surface area contributed by atoms with Crippen molar-refractivity contribution in [1.29, 1.82) is 0 Å². The van der Waals surface area contributed by atoms with Gasteiger partial charge in [-0.2, -0.15) is 0 Å².